The number of nitrogens with zero attached hydrogens (tertiary/aromatic N) is 1. The normalized spacial score (nSPS) is 11.9. The molecular formula is C12H11NO2S2. The molecule has 5 heteroatoms. The Hall–Kier alpha value is -1.33. The molecule has 0 bridgehead atoms. The van der Waals surface area contributed by atoms with E-state index in [4.69, 9.17) is 5.11 Å². The average Bonchev–Trinajstić information content (AvgIpc) is 2.68. The molecule has 2 aromatic rings. The Balaban J connectivity index is 2.06. The van der Waals surface area contributed by atoms with E-state index < -0.39 is 5.97 Å². The number of carbonyl (C=O) groups is 1. The van der Waals surface area contributed by atoms with Gasteiger partial charge < -0.3 is 5.11 Å². The van der Waals surface area contributed by atoms with Gasteiger partial charge in [-0.2, -0.15) is 0 Å². The van der Waals surface area contributed by atoms with Crippen molar-refractivity contribution >= 4 is 39.3 Å². The van der Waals surface area contributed by atoms with E-state index in [1.54, 1.807) is 23.1 Å². The topological polar surface area (TPSA) is 50.2 Å². The maximum absolute atomic E-state index is 10.5. The first-order chi connectivity index (χ1) is 8.15. The highest BCUT2D eigenvalue weighted by Crippen LogP contribution is 2.30. The van der Waals surface area contributed by atoms with Gasteiger partial charge in [0.25, 0.3) is 0 Å². The molecule has 0 fully saturated rings. The zero-order valence-electron chi connectivity index (χ0n) is 9.21. The van der Waals surface area contributed by atoms with Gasteiger partial charge in [0.05, 0.1) is 10.2 Å². The van der Waals surface area contributed by atoms with Gasteiger partial charge in [-0.15, -0.1) is 11.3 Å². The van der Waals surface area contributed by atoms with Crippen molar-refractivity contribution in [1.82, 2.24) is 4.98 Å². The molecule has 0 radical (unpaired) electrons. The number of thioether (sulfide) groups is 1. The lowest BCUT2D eigenvalue weighted by Gasteiger charge is -1.96. The van der Waals surface area contributed by atoms with Crippen molar-refractivity contribution in [3.63, 3.8) is 0 Å². The maximum Gasteiger partial charge on any atom is 0.328 e. The third-order valence-electron chi connectivity index (χ3n) is 2.07. The van der Waals surface area contributed by atoms with Gasteiger partial charge in [-0.1, -0.05) is 29.5 Å². The van der Waals surface area contributed by atoms with Crippen molar-refractivity contribution < 1.29 is 9.90 Å². The van der Waals surface area contributed by atoms with E-state index in [0.717, 1.165) is 20.1 Å². The highest BCUT2D eigenvalue weighted by molar-refractivity contribution is 8.01. The van der Waals surface area contributed by atoms with E-state index in [-0.39, 0.29) is 0 Å². The fraction of sp³-hybridized carbons (Fsp3) is 0.167. The number of hydrogen-bond donors (Lipinski definition) is 1. The summed E-state index contributed by atoms with van der Waals surface area (Å²) >= 11 is 3.21. The summed E-state index contributed by atoms with van der Waals surface area (Å²) in [5.41, 5.74) is 1.83. The molecular weight excluding hydrogens is 254 g/mol. The minimum Gasteiger partial charge on any atom is -0.478 e. The average molecular weight is 265 g/mol. The molecule has 0 aliphatic carbocycles. The van der Waals surface area contributed by atoms with E-state index >= 15 is 0 Å². The van der Waals surface area contributed by atoms with Crippen LogP contribution < -0.4 is 0 Å². The minimum absolute atomic E-state index is 0.659. The van der Waals surface area contributed by atoms with E-state index in [2.05, 4.69) is 4.98 Å². The van der Waals surface area contributed by atoms with Crippen LogP contribution in [-0.2, 0) is 4.79 Å². The van der Waals surface area contributed by atoms with Crippen LogP contribution in [0.4, 0.5) is 0 Å². The van der Waals surface area contributed by atoms with Crippen LogP contribution in [0.25, 0.3) is 10.2 Å². The standard InChI is InChI=1S/C12H11NO2S2/c1-8(6-11(14)15)7-16-12-13-9-4-2-3-5-10(9)17-12/h2-6H,7H2,1H3,(H,14,15). The Morgan fingerprint density at radius 2 is 2.29 bits per heavy atom. The summed E-state index contributed by atoms with van der Waals surface area (Å²) in [5.74, 6) is -0.237. The molecule has 17 heavy (non-hydrogen) atoms. The van der Waals surface area contributed by atoms with Crippen LogP contribution in [0.5, 0.6) is 0 Å². The summed E-state index contributed by atoms with van der Waals surface area (Å²) in [6, 6.07) is 7.98. The van der Waals surface area contributed by atoms with Crippen molar-refractivity contribution in [1.29, 1.82) is 0 Å². The summed E-state index contributed by atoms with van der Waals surface area (Å²) in [6.07, 6.45) is 1.24. The number of carboxylic acids is 1. The van der Waals surface area contributed by atoms with Crippen molar-refractivity contribution in [3.05, 3.63) is 35.9 Å². The Morgan fingerprint density at radius 3 is 3.00 bits per heavy atom. The molecule has 0 aliphatic rings. The van der Waals surface area contributed by atoms with Crippen LogP contribution in [0, 0.1) is 0 Å². The molecule has 3 nitrogen and oxygen atoms in total. The predicted octanol–water partition coefficient (Wildman–Crippen LogP) is 3.42. The lowest BCUT2D eigenvalue weighted by molar-refractivity contribution is -0.131. The van der Waals surface area contributed by atoms with Gasteiger partial charge in [0.1, 0.15) is 0 Å². The molecule has 2 rings (SSSR count). The highest BCUT2D eigenvalue weighted by atomic mass is 32.2. The smallest absolute Gasteiger partial charge is 0.328 e. The second kappa shape index (κ2) is 5.33. The first-order valence-corrected chi connectivity index (χ1v) is 6.84. The predicted molar refractivity (Wildman–Crippen MR) is 71.7 cm³/mol. The number of fused-ring (bicyclic) bond motifs is 1. The van der Waals surface area contributed by atoms with Gasteiger partial charge in [0.2, 0.25) is 0 Å². The fourth-order valence-corrected chi connectivity index (χ4v) is 3.32. The first-order valence-electron chi connectivity index (χ1n) is 5.03. The number of para-hydroxylation sites is 1. The summed E-state index contributed by atoms with van der Waals surface area (Å²) < 4.78 is 2.14. The molecule has 1 N–H and O–H groups in total. The Labute approximate surface area is 107 Å². The number of aliphatic carboxylic acids is 1. The van der Waals surface area contributed by atoms with E-state index in [1.807, 2.05) is 31.2 Å². The van der Waals surface area contributed by atoms with Crippen LogP contribution in [0.1, 0.15) is 6.92 Å². The second-order valence-electron chi connectivity index (χ2n) is 3.57. The molecule has 1 aromatic heterocycles. The van der Waals surface area contributed by atoms with Gasteiger partial charge >= 0.3 is 5.97 Å². The SMILES string of the molecule is CC(=CC(=O)O)CSc1nc2ccccc2s1. The van der Waals surface area contributed by atoms with E-state index in [1.165, 1.54) is 6.08 Å². The van der Waals surface area contributed by atoms with Crippen molar-refractivity contribution in [2.75, 3.05) is 5.75 Å². The third-order valence-corrected chi connectivity index (χ3v) is 4.44. The lowest BCUT2D eigenvalue weighted by Crippen LogP contribution is -1.91. The van der Waals surface area contributed by atoms with Gasteiger partial charge in [0, 0.05) is 11.8 Å². The van der Waals surface area contributed by atoms with Crippen LogP contribution in [-0.4, -0.2) is 21.8 Å². The number of carboxylic acid groups (broad SMARTS) is 1. The van der Waals surface area contributed by atoms with Crippen LogP contribution in [0.3, 0.4) is 0 Å². The first kappa shape index (κ1) is 12.1. The minimum atomic E-state index is -0.896. The number of rotatable bonds is 4. The second-order valence-corrected chi connectivity index (χ2v) is 5.82. The van der Waals surface area contributed by atoms with Crippen LogP contribution in [0.2, 0.25) is 0 Å². The van der Waals surface area contributed by atoms with Crippen molar-refractivity contribution in [2.24, 2.45) is 0 Å². The maximum atomic E-state index is 10.5. The van der Waals surface area contributed by atoms with E-state index in [9.17, 15) is 4.79 Å². The molecule has 88 valence electrons. The third kappa shape index (κ3) is 3.31. The monoisotopic (exact) mass is 265 g/mol. The highest BCUT2D eigenvalue weighted by Gasteiger charge is 2.04. The van der Waals surface area contributed by atoms with E-state index in [0.29, 0.717) is 5.75 Å². The Morgan fingerprint density at radius 1 is 1.53 bits per heavy atom. The zero-order valence-corrected chi connectivity index (χ0v) is 10.8. The van der Waals surface area contributed by atoms with Gasteiger partial charge in [-0.05, 0) is 19.1 Å². The van der Waals surface area contributed by atoms with Gasteiger partial charge in [0.15, 0.2) is 4.34 Å². The zero-order chi connectivity index (χ0) is 12.3. The molecule has 0 saturated heterocycles. The Kier molecular flexibility index (Phi) is 3.81. The summed E-state index contributed by atoms with van der Waals surface area (Å²) in [4.78, 5) is 14.9. The fourth-order valence-electron chi connectivity index (χ4n) is 1.34. The summed E-state index contributed by atoms with van der Waals surface area (Å²) in [7, 11) is 0. The molecule has 0 saturated carbocycles. The van der Waals surface area contributed by atoms with Gasteiger partial charge in [-0.3, -0.25) is 0 Å². The van der Waals surface area contributed by atoms with Crippen LogP contribution >= 0.6 is 23.1 Å². The lowest BCUT2D eigenvalue weighted by atomic mass is 10.3. The summed E-state index contributed by atoms with van der Waals surface area (Å²) in [6.45, 7) is 1.81. The molecule has 0 aliphatic heterocycles. The number of thiazole rings is 1. The molecule has 1 aromatic carbocycles. The van der Waals surface area contributed by atoms with Crippen LogP contribution in [0.15, 0.2) is 40.3 Å². The molecule has 0 amide bonds. The largest absolute Gasteiger partial charge is 0.478 e. The van der Waals surface area contributed by atoms with Crippen molar-refractivity contribution in [2.45, 2.75) is 11.3 Å². The number of aromatic nitrogens is 1. The molecule has 0 atom stereocenters. The van der Waals surface area contributed by atoms with Crippen molar-refractivity contribution in [3.8, 4) is 0 Å². The number of benzene rings is 1. The quantitative estimate of drug-likeness (QED) is 0.680. The van der Waals surface area contributed by atoms with Gasteiger partial charge in [-0.25, -0.2) is 9.78 Å². The molecule has 1 heterocycles. The Bertz CT molecular complexity index is 542. The molecule has 0 spiro atoms. The number of hydrogen-bond acceptors (Lipinski definition) is 4. The summed E-state index contributed by atoms with van der Waals surface area (Å²) in [5, 5.41) is 8.60. The molecule has 0 unspecified atom stereocenters.